The fourth-order valence-electron chi connectivity index (χ4n) is 2.64. The molecule has 3 heteroatoms. The summed E-state index contributed by atoms with van der Waals surface area (Å²) >= 11 is 0. The Bertz CT molecular complexity index is 452. The minimum Gasteiger partial charge on any atom is -0.354 e. The average molecular weight is 260 g/mol. The molecule has 1 aromatic heterocycles. The number of allylic oxidation sites excluding steroid dienone is 1. The maximum atomic E-state index is 11.9. The van der Waals surface area contributed by atoms with E-state index in [2.05, 4.69) is 28.1 Å². The molecule has 19 heavy (non-hydrogen) atoms. The fraction of sp³-hybridized carbons (Fsp3) is 0.562. The second-order valence-electron chi connectivity index (χ2n) is 5.41. The van der Waals surface area contributed by atoms with Crippen LogP contribution in [0.3, 0.4) is 0 Å². The van der Waals surface area contributed by atoms with Gasteiger partial charge < -0.3 is 9.88 Å². The standard InChI is InChI=1S/C16H24N2O/c1-13-8-9-14(2)18(13)12-16(19)17-11-10-15-6-4-3-5-7-15/h6,8-9H,3-5,7,10-12H2,1-2H3,(H,17,19). The van der Waals surface area contributed by atoms with Crippen molar-refractivity contribution in [1.82, 2.24) is 9.88 Å². The van der Waals surface area contributed by atoms with Crippen LogP contribution in [0.25, 0.3) is 0 Å². The number of carbonyl (C=O) groups excluding carboxylic acids is 1. The first-order valence-electron chi connectivity index (χ1n) is 7.24. The Hall–Kier alpha value is -1.51. The number of carbonyl (C=O) groups is 1. The van der Waals surface area contributed by atoms with Gasteiger partial charge in [-0.2, -0.15) is 0 Å². The maximum Gasteiger partial charge on any atom is 0.239 e. The first-order chi connectivity index (χ1) is 9.16. The van der Waals surface area contributed by atoms with Crippen molar-refractivity contribution in [3.8, 4) is 0 Å². The van der Waals surface area contributed by atoms with Crippen LogP contribution in [0.2, 0.25) is 0 Å². The number of aromatic nitrogens is 1. The van der Waals surface area contributed by atoms with E-state index in [1.807, 2.05) is 13.8 Å². The summed E-state index contributed by atoms with van der Waals surface area (Å²) in [6.45, 7) is 5.27. The number of nitrogens with one attached hydrogen (secondary N) is 1. The van der Waals surface area contributed by atoms with Crippen LogP contribution in [-0.2, 0) is 11.3 Å². The normalized spacial score (nSPS) is 15.2. The highest BCUT2D eigenvalue weighted by atomic mass is 16.1. The molecule has 0 saturated heterocycles. The molecule has 0 saturated carbocycles. The first-order valence-corrected chi connectivity index (χ1v) is 7.24. The molecule has 1 aliphatic carbocycles. The Morgan fingerprint density at radius 3 is 2.63 bits per heavy atom. The highest BCUT2D eigenvalue weighted by Crippen LogP contribution is 2.19. The molecular weight excluding hydrogens is 236 g/mol. The summed E-state index contributed by atoms with van der Waals surface area (Å²) in [4.78, 5) is 11.9. The van der Waals surface area contributed by atoms with Crippen molar-refractivity contribution in [3.63, 3.8) is 0 Å². The number of hydrogen-bond acceptors (Lipinski definition) is 1. The van der Waals surface area contributed by atoms with Crippen LogP contribution < -0.4 is 5.32 Å². The highest BCUT2D eigenvalue weighted by molar-refractivity contribution is 5.75. The predicted molar refractivity (Wildman–Crippen MR) is 78.1 cm³/mol. The van der Waals surface area contributed by atoms with Crippen LogP contribution in [0.15, 0.2) is 23.8 Å². The number of aryl methyl sites for hydroxylation is 2. The summed E-state index contributed by atoms with van der Waals surface area (Å²) in [5, 5.41) is 3.02. The quantitative estimate of drug-likeness (QED) is 0.811. The number of nitrogens with zero attached hydrogens (tertiary/aromatic N) is 1. The molecular formula is C16H24N2O. The van der Waals surface area contributed by atoms with E-state index >= 15 is 0 Å². The van der Waals surface area contributed by atoms with Gasteiger partial charge in [0.25, 0.3) is 0 Å². The zero-order chi connectivity index (χ0) is 13.7. The summed E-state index contributed by atoms with van der Waals surface area (Å²) < 4.78 is 2.05. The van der Waals surface area contributed by atoms with Gasteiger partial charge in [0.05, 0.1) is 0 Å². The molecule has 0 atom stereocenters. The van der Waals surface area contributed by atoms with Gasteiger partial charge in [-0.1, -0.05) is 11.6 Å². The Kier molecular flexibility index (Phi) is 4.83. The van der Waals surface area contributed by atoms with Crippen molar-refractivity contribution >= 4 is 5.91 Å². The molecule has 3 nitrogen and oxygen atoms in total. The number of amides is 1. The summed E-state index contributed by atoms with van der Waals surface area (Å²) in [5.74, 6) is 0.110. The van der Waals surface area contributed by atoms with Crippen LogP contribution in [0.1, 0.15) is 43.5 Å². The topological polar surface area (TPSA) is 34.0 Å². The molecule has 104 valence electrons. The first kappa shape index (κ1) is 13.9. The average Bonchev–Trinajstić information content (AvgIpc) is 2.72. The molecule has 2 rings (SSSR count). The lowest BCUT2D eigenvalue weighted by atomic mass is 9.97. The molecule has 0 unspecified atom stereocenters. The van der Waals surface area contributed by atoms with Crippen molar-refractivity contribution < 1.29 is 4.79 Å². The smallest absolute Gasteiger partial charge is 0.239 e. The summed E-state index contributed by atoms with van der Waals surface area (Å²) in [7, 11) is 0. The van der Waals surface area contributed by atoms with Gasteiger partial charge in [-0.15, -0.1) is 0 Å². The number of hydrogen-bond donors (Lipinski definition) is 1. The lowest BCUT2D eigenvalue weighted by Crippen LogP contribution is -2.29. The molecule has 1 heterocycles. The van der Waals surface area contributed by atoms with Crippen molar-refractivity contribution in [2.75, 3.05) is 6.54 Å². The Morgan fingerprint density at radius 1 is 1.26 bits per heavy atom. The van der Waals surface area contributed by atoms with Crippen LogP contribution in [0.5, 0.6) is 0 Å². The van der Waals surface area contributed by atoms with Crippen molar-refractivity contribution in [2.45, 2.75) is 52.5 Å². The molecule has 0 fully saturated rings. The summed E-state index contributed by atoms with van der Waals surface area (Å²) in [6.07, 6.45) is 8.41. The molecule has 1 N–H and O–H groups in total. The largest absolute Gasteiger partial charge is 0.354 e. The van der Waals surface area contributed by atoms with Gasteiger partial charge in [0.2, 0.25) is 5.91 Å². The number of rotatable bonds is 5. The highest BCUT2D eigenvalue weighted by Gasteiger charge is 2.08. The third kappa shape index (κ3) is 3.98. The van der Waals surface area contributed by atoms with Gasteiger partial charge in [-0.3, -0.25) is 4.79 Å². The molecule has 0 aromatic carbocycles. The Labute approximate surface area is 115 Å². The van der Waals surface area contributed by atoms with Crippen LogP contribution in [0.4, 0.5) is 0 Å². The molecule has 0 spiro atoms. The Balaban J connectivity index is 1.74. The predicted octanol–water partition coefficient (Wildman–Crippen LogP) is 3.11. The molecule has 0 bridgehead atoms. The van der Waals surface area contributed by atoms with Gasteiger partial charge in [-0.05, 0) is 58.1 Å². The van der Waals surface area contributed by atoms with Gasteiger partial charge >= 0.3 is 0 Å². The van der Waals surface area contributed by atoms with E-state index in [9.17, 15) is 4.79 Å². The minimum absolute atomic E-state index is 0.110. The fourth-order valence-corrected chi connectivity index (χ4v) is 2.64. The minimum atomic E-state index is 0.110. The second-order valence-corrected chi connectivity index (χ2v) is 5.41. The van der Waals surface area contributed by atoms with E-state index in [0.29, 0.717) is 6.54 Å². The monoisotopic (exact) mass is 260 g/mol. The molecule has 1 aliphatic rings. The third-order valence-electron chi connectivity index (χ3n) is 3.87. The van der Waals surface area contributed by atoms with E-state index in [1.54, 1.807) is 0 Å². The van der Waals surface area contributed by atoms with Crippen molar-refractivity contribution in [1.29, 1.82) is 0 Å². The summed E-state index contributed by atoms with van der Waals surface area (Å²) in [6, 6.07) is 4.10. The van der Waals surface area contributed by atoms with Crippen LogP contribution in [-0.4, -0.2) is 17.0 Å². The van der Waals surface area contributed by atoms with E-state index in [4.69, 9.17) is 0 Å². The lowest BCUT2D eigenvalue weighted by Gasteiger charge is -2.13. The lowest BCUT2D eigenvalue weighted by molar-refractivity contribution is -0.121. The second kappa shape index (κ2) is 6.60. The van der Waals surface area contributed by atoms with Gasteiger partial charge in [0, 0.05) is 17.9 Å². The molecule has 1 aromatic rings. The van der Waals surface area contributed by atoms with Crippen molar-refractivity contribution in [2.24, 2.45) is 0 Å². The zero-order valence-corrected chi connectivity index (χ0v) is 12.0. The Morgan fingerprint density at radius 2 is 2.00 bits per heavy atom. The van der Waals surface area contributed by atoms with E-state index < -0.39 is 0 Å². The van der Waals surface area contributed by atoms with E-state index in [-0.39, 0.29) is 5.91 Å². The van der Waals surface area contributed by atoms with Crippen LogP contribution >= 0.6 is 0 Å². The zero-order valence-electron chi connectivity index (χ0n) is 12.0. The van der Waals surface area contributed by atoms with Gasteiger partial charge in [-0.25, -0.2) is 0 Å². The van der Waals surface area contributed by atoms with Gasteiger partial charge in [0.15, 0.2) is 0 Å². The molecule has 1 amide bonds. The van der Waals surface area contributed by atoms with Crippen LogP contribution in [0, 0.1) is 13.8 Å². The van der Waals surface area contributed by atoms with E-state index in [0.717, 1.165) is 24.4 Å². The maximum absolute atomic E-state index is 11.9. The van der Waals surface area contributed by atoms with Crippen molar-refractivity contribution in [3.05, 3.63) is 35.2 Å². The SMILES string of the molecule is Cc1ccc(C)n1CC(=O)NCCC1=CCCCC1. The summed E-state index contributed by atoms with van der Waals surface area (Å²) in [5.41, 5.74) is 3.80. The third-order valence-corrected chi connectivity index (χ3v) is 3.87. The van der Waals surface area contributed by atoms with E-state index in [1.165, 1.54) is 31.3 Å². The molecule has 0 aliphatic heterocycles. The molecule has 0 radical (unpaired) electrons. The van der Waals surface area contributed by atoms with Gasteiger partial charge in [0.1, 0.15) is 6.54 Å².